The molecule has 0 unspecified atom stereocenters. The number of nitrogens with two attached hydrogens (primary N) is 1. The van der Waals surface area contributed by atoms with Crippen molar-refractivity contribution >= 4 is 29.6 Å². The fourth-order valence-corrected chi connectivity index (χ4v) is 2.04. The van der Waals surface area contributed by atoms with Crippen molar-refractivity contribution in [1.29, 1.82) is 0 Å². The van der Waals surface area contributed by atoms with Crippen molar-refractivity contribution in [3.05, 3.63) is 58.5 Å². The van der Waals surface area contributed by atoms with Gasteiger partial charge in [0.1, 0.15) is 16.7 Å². The van der Waals surface area contributed by atoms with Gasteiger partial charge in [-0.25, -0.2) is 13.8 Å². The first-order valence-electron chi connectivity index (χ1n) is 7.42. The molecule has 0 amide bonds. The Morgan fingerprint density at radius 1 is 1.32 bits per heavy atom. The molecule has 0 radical (unpaired) electrons. The molecule has 0 saturated carbocycles. The van der Waals surface area contributed by atoms with E-state index in [1.807, 2.05) is 6.92 Å². The van der Waals surface area contributed by atoms with Crippen LogP contribution < -0.4 is 16.4 Å². The number of hydrogen-bond donors (Lipinski definition) is 3. The topological polar surface area (TPSA) is 88.2 Å². The molecule has 1 aromatic carbocycles. The molecule has 2 rings (SSSR count). The number of halogens is 3. The molecular formula is C16H17ClF2N6. The van der Waals surface area contributed by atoms with Gasteiger partial charge in [0.2, 0.25) is 5.95 Å². The molecule has 4 N–H and O–H groups in total. The summed E-state index contributed by atoms with van der Waals surface area (Å²) in [6.07, 6.45) is 4.29. The highest BCUT2D eigenvalue weighted by Crippen LogP contribution is 2.21. The molecular weight excluding hydrogens is 350 g/mol. The van der Waals surface area contributed by atoms with Gasteiger partial charge in [0.15, 0.2) is 5.82 Å². The third-order valence-electron chi connectivity index (χ3n) is 2.98. The summed E-state index contributed by atoms with van der Waals surface area (Å²) < 4.78 is 26.4. The fraction of sp³-hybridized carbons (Fsp3) is 0.188. The second-order valence-electron chi connectivity index (χ2n) is 4.90. The molecule has 1 aromatic heterocycles. The first kappa shape index (κ1) is 18.6. The van der Waals surface area contributed by atoms with Crippen LogP contribution in [0.2, 0.25) is 5.02 Å². The predicted octanol–water partition coefficient (Wildman–Crippen LogP) is 3.32. The number of aromatic nitrogens is 2. The summed E-state index contributed by atoms with van der Waals surface area (Å²) >= 11 is 6.05. The van der Waals surface area contributed by atoms with Crippen LogP contribution in [0.3, 0.4) is 0 Å². The van der Waals surface area contributed by atoms with Crippen LogP contribution in [0.1, 0.15) is 12.5 Å². The van der Waals surface area contributed by atoms with Crippen LogP contribution >= 0.6 is 11.6 Å². The summed E-state index contributed by atoms with van der Waals surface area (Å²) in [5, 5.41) is 6.08. The van der Waals surface area contributed by atoms with E-state index in [9.17, 15) is 8.78 Å². The Bertz CT molecular complexity index is 774. The normalized spacial score (nSPS) is 11.8. The maximum absolute atomic E-state index is 13.2. The molecule has 0 aliphatic rings. The maximum atomic E-state index is 13.2. The van der Waals surface area contributed by atoms with Gasteiger partial charge in [-0.1, -0.05) is 11.6 Å². The highest BCUT2D eigenvalue weighted by atomic mass is 35.5. The Labute approximate surface area is 148 Å². The van der Waals surface area contributed by atoms with E-state index >= 15 is 0 Å². The number of hydrogen-bond acceptors (Lipinski definition) is 6. The van der Waals surface area contributed by atoms with E-state index in [1.54, 1.807) is 6.21 Å². The second-order valence-corrected chi connectivity index (χ2v) is 5.30. The van der Waals surface area contributed by atoms with Crippen LogP contribution in [0, 0.1) is 11.6 Å². The summed E-state index contributed by atoms with van der Waals surface area (Å²) in [5.41, 5.74) is 6.44. The van der Waals surface area contributed by atoms with Crippen molar-refractivity contribution in [2.75, 3.05) is 17.2 Å². The second kappa shape index (κ2) is 8.93. The van der Waals surface area contributed by atoms with Gasteiger partial charge >= 0.3 is 0 Å². The number of nitrogens with zero attached hydrogens (tertiary/aromatic N) is 3. The molecule has 25 heavy (non-hydrogen) atoms. The maximum Gasteiger partial charge on any atom is 0.229 e. The van der Waals surface area contributed by atoms with Crippen LogP contribution in [0.4, 0.5) is 20.5 Å². The van der Waals surface area contributed by atoms with Gasteiger partial charge < -0.3 is 16.4 Å². The summed E-state index contributed by atoms with van der Waals surface area (Å²) in [5.74, 6) is -0.744. The number of benzene rings is 1. The van der Waals surface area contributed by atoms with E-state index in [2.05, 4.69) is 25.6 Å². The summed E-state index contributed by atoms with van der Waals surface area (Å²) in [4.78, 5) is 12.3. The molecule has 0 saturated heterocycles. The minimum atomic E-state index is -0.652. The van der Waals surface area contributed by atoms with Crippen LogP contribution in [0.25, 0.3) is 0 Å². The first-order chi connectivity index (χ1) is 12.0. The summed E-state index contributed by atoms with van der Waals surface area (Å²) in [6.45, 7) is 2.64. The molecule has 0 aliphatic heterocycles. The SMILES string of the molecule is CCN=CC(=CN)Nc1ncc(Cl)c(NCc2cc(F)cc(F)c2)n1. The van der Waals surface area contributed by atoms with Crippen LogP contribution in [-0.2, 0) is 6.54 Å². The molecule has 132 valence electrons. The number of allylic oxidation sites excluding steroid dienone is 1. The molecule has 1 heterocycles. The van der Waals surface area contributed by atoms with Gasteiger partial charge in [0.25, 0.3) is 0 Å². The monoisotopic (exact) mass is 366 g/mol. The third-order valence-corrected chi connectivity index (χ3v) is 3.25. The molecule has 0 spiro atoms. The quantitative estimate of drug-likeness (QED) is 0.654. The van der Waals surface area contributed by atoms with E-state index < -0.39 is 11.6 Å². The van der Waals surface area contributed by atoms with Crippen LogP contribution in [0.5, 0.6) is 0 Å². The Kier molecular flexibility index (Phi) is 6.64. The zero-order chi connectivity index (χ0) is 18.2. The Morgan fingerprint density at radius 2 is 2.04 bits per heavy atom. The average Bonchev–Trinajstić information content (AvgIpc) is 2.58. The lowest BCUT2D eigenvalue weighted by Crippen LogP contribution is -2.09. The smallest absolute Gasteiger partial charge is 0.229 e. The molecule has 0 fully saturated rings. The largest absolute Gasteiger partial charge is 0.403 e. The zero-order valence-corrected chi connectivity index (χ0v) is 14.2. The van der Waals surface area contributed by atoms with E-state index in [0.29, 0.717) is 23.6 Å². The number of nitrogens with one attached hydrogen (secondary N) is 2. The van der Waals surface area contributed by atoms with E-state index in [0.717, 1.165) is 6.07 Å². The highest BCUT2D eigenvalue weighted by molar-refractivity contribution is 6.32. The van der Waals surface area contributed by atoms with Gasteiger partial charge in [0, 0.05) is 31.6 Å². The van der Waals surface area contributed by atoms with Gasteiger partial charge in [0.05, 0.1) is 11.9 Å². The van der Waals surface area contributed by atoms with Crippen molar-refractivity contribution in [3.8, 4) is 0 Å². The average molecular weight is 367 g/mol. The molecule has 9 heteroatoms. The van der Waals surface area contributed by atoms with Crippen LogP contribution in [0.15, 0.2) is 41.3 Å². The standard InChI is InChI=1S/C16H17ClF2N6/c1-2-21-8-13(6-20)24-16-23-9-14(17)15(25-16)22-7-10-3-11(18)5-12(19)4-10/h3-6,8-9H,2,7,20H2,1H3,(H2,22,23,24,25). The Hall–Kier alpha value is -2.74. The van der Waals surface area contributed by atoms with Crippen molar-refractivity contribution in [3.63, 3.8) is 0 Å². The van der Waals surface area contributed by atoms with Crippen molar-refractivity contribution in [1.82, 2.24) is 9.97 Å². The van der Waals surface area contributed by atoms with E-state index in [4.69, 9.17) is 17.3 Å². The van der Waals surface area contributed by atoms with Gasteiger partial charge in [-0.15, -0.1) is 0 Å². The predicted molar refractivity (Wildman–Crippen MR) is 95.7 cm³/mol. The molecule has 0 atom stereocenters. The minimum Gasteiger partial charge on any atom is -0.403 e. The lowest BCUT2D eigenvalue weighted by molar-refractivity contribution is 0.580. The zero-order valence-electron chi connectivity index (χ0n) is 13.4. The van der Waals surface area contributed by atoms with Crippen molar-refractivity contribution < 1.29 is 8.78 Å². The van der Waals surface area contributed by atoms with E-state index in [1.165, 1.54) is 24.5 Å². The van der Waals surface area contributed by atoms with Crippen molar-refractivity contribution in [2.24, 2.45) is 10.7 Å². The fourth-order valence-electron chi connectivity index (χ4n) is 1.89. The van der Waals surface area contributed by atoms with Crippen LogP contribution in [-0.4, -0.2) is 22.7 Å². The van der Waals surface area contributed by atoms with E-state index in [-0.39, 0.29) is 17.5 Å². The highest BCUT2D eigenvalue weighted by Gasteiger charge is 2.07. The number of rotatable bonds is 7. The molecule has 0 bridgehead atoms. The van der Waals surface area contributed by atoms with Gasteiger partial charge in [-0.2, -0.15) is 4.98 Å². The Balaban J connectivity index is 2.11. The molecule has 6 nitrogen and oxygen atoms in total. The molecule has 0 aliphatic carbocycles. The first-order valence-corrected chi connectivity index (χ1v) is 7.79. The molecule has 2 aromatic rings. The van der Waals surface area contributed by atoms with Gasteiger partial charge in [-0.05, 0) is 24.6 Å². The lowest BCUT2D eigenvalue weighted by Gasteiger charge is -2.10. The summed E-state index contributed by atoms with van der Waals surface area (Å²) in [6, 6.07) is 3.25. The lowest BCUT2D eigenvalue weighted by atomic mass is 10.2. The number of aliphatic imine (C=N–C) groups is 1. The summed E-state index contributed by atoms with van der Waals surface area (Å²) in [7, 11) is 0. The van der Waals surface area contributed by atoms with Gasteiger partial charge in [-0.3, -0.25) is 4.99 Å². The van der Waals surface area contributed by atoms with Crippen molar-refractivity contribution in [2.45, 2.75) is 13.5 Å². The minimum absolute atomic E-state index is 0.141. The number of anilines is 2. The third kappa shape index (κ3) is 5.68. The Morgan fingerprint density at radius 3 is 2.68 bits per heavy atom.